The Morgan fingerprint density at radius 1 is 1.17 bits per heavy atom. The molecule has 1 saturated carbocycles. The first-order chi connectivity index (χ1) is 11.6. The van der Waals surface area contributed by atoms with Gasteiger partial charge in [-0.3, -0.25) is 14.9 Å². The van der Waals surface area contributed by atoms with Crippen LogP contribution in [0.2, 0.25) is 5.02 Å². The molecule has 0 aliphatic heterocycles. The van der Waals surface area contributed by atoms with E-state index < -0.39 is 0 Å². The summed E-state index contributed by atoms with van der Waals surface area (Å²) in [7, 11) is 0. The third-order valence-electron chi connectivity index (χ3n) is 4.56. The van der Waals surface area contributed by atoms with E-state index in [0.717, 1.165) is 18.4 Å². The van der Waals surface area contributed by atoms with E-state index in [1.165, 1.54) is 6.20 Å². The number of nitrogens with zero attached hydrogens (tertiary/aromatic N) is 2. The van der Waals surface area contributed by atoms with E-state index in [4.69, 9.17) is 11.6 Å². The third kappa shape index (κ3) is 3.04. The molecule has 5 nitrogen and oxygen atoms in total. The predicted octanol–water partition coefficient (Wildman–Crippen LogP) is 3.39. The number of halogens is 1. The number of rotatable bonds is 3. The van der Waals surface area contributed by atoms with Crippen molar-refractivity contribution in [2.24, 2.45) is 5.92 Å². The maximum Gasteiger partial charge on any atom is 0.229 e. The van der Waals surface area contributed by atoms with E-state index >= 15 is 0 Å². The number of Topliss-reactive ketones (excluding diaryl/α,β-unsaturated/α-hetero) is 1. The van der Waals surface area contributed by atoms with Crippen LogP contribution in [0.5, 0.6) is 0 Å². The fraction of sp³-hybridized carbons (Fsp3) is 0.333. The molecule has 1 aromatic carbocycles. The fourth-order valence-corrected chi connectivity index (χ4v) is 3.16. The summed E-state index contributed by atoms with van der Waals surface area (Å²) < 4.78 is 0. The van der Waals surface area contributed by atoms with Crippen molar-refractivity contribution in [3.05, 3.63) is 52.3 Å². The Morgan fingerprint density at radius 3 is 2.62 bits per heavy atom. The van der Waals surface area contributed by atoms with Crippen molar-refractivity contribution in [1.29, 1.82) is 0 Å². The largest absolute Gasteiger partial charge is 0.294 e. The number of carbonyl (C=O) groups is 2. The quantitative estimate of drug-likeness (QED) is 0.928. The van der Waals surface area contributed by atoms with Gasteiger partial charge in [-0.15, -0.1) is 0 Å². The molecule has 2 aliphatic rings. The molecule has 0 radical (unpaired) electrons. The SMILES string of the molecule is O=C1CC(c2ccc(Cl)cc2)Cc2nc(NC(=O)C3CC3)ncc21. The highest BCUT2D eigenvalue weighted by Gasteiger charge is 2.31. The van der Waals surface area contributed by atoms with Crippen molar-refractivity contribution in [3.63, 3.8) is 0 Å². The van der Waals surface area contributed by atoms with Crippen molar-refractivity contribution >= 4 is 29.2 Å². The summed E-state index contributed by atoms with van der Waals surface area (Å²) in [5.41, 5.74) is 2.33. The van der Waals surface area contributed by atoms with Gasteiger partial charge in [0.25, 0.3) is 0 Å². The van der Waals surface area contributed by atoms with Crippen LogP contribution in [0.15, 0.2) is 30.5 Å². The molecule has 2 aliphatic carbocycles. The average Bonchev–Trinajstić information content (AvgIpc) is 3.40. The van der Waals surface area contributed by atoms with Crippen molar-refractivity contribution in [2.75, 3.05) is 5.32 Å². The molecule has 1 N–H and O–H groups in total. The second-order valence-corrected chi connectivity index (χ2v) is 6.83. The fourth-order valence-electron chi connectivity index (χ4n) is 3.03. The first-order valence-electron chi connectivity index (χ1n) is 8.05. The van der Waals surface area contributed by atoms with Gasteiger partial charge < -0.3 is 0 Å². The Hall–Kier alpha value is -2.27. The topological polar surface area (TPSA) is 72.0 Å². The number of fused-ring (bicyclic) bond motifs is 1. The second kappa shape index (κ2) is 5.98. The summed E-state index contributed by atoms with van der Waals surface area (Å²) in [6.45, 7) is 0. The van der Waals surface area contributed by atoms with Gasteiger partial charge >= 0.3 is 0 Å². The molecule has 0 saturated heterocycles. The van der Waals surface area contributed by atoms with Gasteiger partial charge in [0.15, 0.2) is 5.78 Å². The van der Waals surface area contributed by atoms with Crippen LogP contribution in [-0.4, -0.2) is 21.7 Å². The number of amides is 1. The minimum Gasteiger partial charge on any atom is -0.294 e. The van der Waals surface area contributed by atoms with Crippen molar-refractivity contribution in [3.8, 4) is 0 Å². The van der Waals surface area contributed by atoms with E-state index in [9.17, 15) is 9.59 Å². The van der Waals surface area contributed by atoms with E-state index in [0.29, 0.717) is 29.1 Å². The summed E-state index contributed by atoms with van der Waals surface area (Å²) in [6.07, 6.45) is 4.47. The van der Waals surface area contributed by atoms with E-state index in [1.54, 1.807) is 0 Å². The van der Waals surface area contributed by atoms with Crippen molar-refractivity contribution in [1.82, 2.24) is 9.97 Å². The normalized spacial score (nSPS) is 19.7. The minimum absolute atomic E-state index is 0.0358. The monoisotopic (exact) mass is 341 g/mol. The number of hydrogen-bond acceptors (Lipinski definition) is 4. The first kappa shape index (κ1) is 15.3. The molecule has 6 heteroatoms. The molecule has 1 atom stereocenters. The highest BCUT2D eigenvalue weighted by atomic mass is 35.5. The van der Waals surface area contributed by atoms with Gasteiger partial charge in [0.05, 0.1) is 11.3 Å². The van der Waals surface area contributed by atoms with Gasteiger partial charge in [-0.05, 0) is 42.9 Å². The molecule has 0 bridgehead atoms. The van der Waals surface area contributed by atoms with Gasteiger partial charge in [-0.2, -0.15) is 0 Å². The number of ketones is 1. The Labute approximate surface area is 144 Å². The highest BCUT2D eigenvalue weighted by Crippen LogP contribution is 2.33. The Kier molecular flexibility index (Phi) is 3.81. The summed E-state index contributed by atoms with van der Waals surface area (Å²) in [4.78, 5) is 32.8. The molecular formula is C18H16ClN3O2. The van der Waals surface area contributed by atoms with Crippen LogP contribution in [0.4, 0.5) is 5.95 Å². The minimum atomic E-state index is -0.0358. The molecule has 122 valence electrons. The van der Waals surface area contributed by atoms with Crippen LogP contribution >= 0.6 is 11.6 Å². The van der Waals surface area contributed by atoms with Crippen LogP contribution in [0, 0.1) is 5.92 Å². The van der Waals surface area contributed by atoms with Crippen LogP contribution in [0.3, 0.4) is 0 Å². The molecule has 0 spiro atoms. The second-order valence-electron chi connectivity index (χ2n) is 6.40. The molecular weight excluding hydrogens is 326 g/mol. The number of nitrogens with one attached hydrogen (secondary N) is 1. The van der Waals surface area contributed by atoms with Crippen LogP contribution < -0.4 is 5.32 Å². The standard InChI is InChI=1S/C18H16ClN3O2/c19-13-5-3-10(4-6-13)12-7-15-14(16(23)8-12)9-20-18(21-15)22-17(24)11-1-2-11/h3-6,9,11-12H,1-2,7-8H2,(H,20,21,22,24). The maximum absolute atomic E-state index is 12.4. The Morgan fingerprint density at radius 2 is 1.92 bits per heavy atom. The van der Waals surface area contributed by atoms with Gasteiger partial charge in [0.2, 0.25) is 11.9 Å². The van der Waals surface area contributed by atoms with E-state index in [2.05, 4.69) is 15.3 Å². The number of hydrogen-bond donors (Lipinski definition) is 1. The molecule has 4 rings (SSSR count). The lowest BCUT2D eigenvalue weighted by molar-refractivity contribution is -0.117. The zero-order valence-electron chi connectivity index (χ0n) is 13.0. The van der Waals surface area contributed by atoms with Crippen LogP contribution in [0.25, 0.3) is 0 Å². The molecule has 1 heterocycles. The summed E-state index contributed by atoms with van der Waals surface area (Å²) in [5.74, 6) is 0.454. The predicted molar refractivity (Wildman–Crippen MR) is 90.2 cm³/mol. The van der Waals surface area contributed by atoms with Crippen molar-refractivity contribution in [2.45, 2.75) is 31.6 Å². The third-order valence-corrected chi connectivity index (χ3v) is 4.82. The van der Waals surface area contributed by atoms with Gasteiger partial charge in [0, 0.05) is 23.6 Å². The Bertz CT molecular complexity index is 816. The van der Waals surface area contributed by atoms with E-state index in [1.807, 2.05) is 24.3 Å². The molecule has 1 fully saturated rings. The molecule has 24 heavy (non-hydrogen) atoms. The van der Waals surface area contributed by atoms with Crippen LogP contribution in [-0.2, 0) is 11.2 Å². The lowest BCUT2D eigenvalue weighted by atomic mass is 9.82. The lowest BCUT2D eigenvalue weighted by Gasteiger charge is -2.23. The molecule has 1 aromatic heterocycles. The van der Waals surface area contributed by atoms with Gasteiger partial charge in [-0.1, -0.05) is 23.7 Å². The number of carbonyl (C=O) groups excluding carboxylic acids is 2. The number of aromatic nitrogens is 2. The average molecular weight is 342 g/mol. The highest BCUT2D eigenvalue weighted by molar-refractivity contribution is 6.30. The Balaban J connectivity index is 1.58. The smallest absolute Gasteiger partial charge is 0.229 e. The zero-order valence-corrected chi connectivity index (χ0v) is 13.7. The molecule has 1 amide bonds. The molecule has 2 aromatic rings. The summed E-state index contributed by atoms with van der Waals surface area (Å²) in [6, 6.07) is 7.56. The van der Waals surface area contributed by atoms with Crippen LogP contribution in [0.1, 0.15) is 46.8 Å². The van der Waals surface area contributed by atoms with Crippen molar-refractivity contribution < 1.29 is 9.59 Å². The number of anilines is 1. The van der Waals surface area contributed by atoms with Gasteiger partial charge in [0.1, 0.15) is 0 Å². The zero-order chi connectivity index (χ0) is 16.7. The number of benzene rings is 1. The van der Waals surface area contributed by atoms with E-state index in [-0.39, 0.29) is 29.5 Å². The summed E-state index contributed by atoms with van der Waals surface area (Å²) >= 11 is 5.93. The first-order valence-corrected chi connectivity index (χ1v) is 8.43. The molecule has 1 unspecified atom stereocenters. The maximum atomic E-state index is 12.4. The summed E-state index contributed by atoms with van der Waals surface area (Å²) in [5, 5.41) is 3.42. The van der Waals surface area contributed by atoms with Gasteiger partial charge in [-0.25, -0.2) is 9.97 Å². The lowest BCUT2D eigenvalue weighted by Crippen LogP contribution is -2.22.